The van der Waals surface area contributed by atoms with Gasteiger partial charge in [-0.15, -0.1) is 6.42 Å². The molecule has 0 aromatic heterocycles. The Kier molecular flexibility index (Phi) is 4.82. The standard InChI is InChI=1S/C14H22N2O3/c1-5-8-15(9-11-6-7-11)13(19)16(10-12(17)18)14(2,3)4/h1,11H,6-10H2,2-4H3,(H,17,18). The van der Waals surface area contributed by atoms with Crippen molar-refractivity contribution in [2.75, 3.05) is 19.6 Å². The molecule has 0 unspecified atom stereocenters. The van der Waals surface area contributed by atoms with Crippen molar-refractivity contribution in [3.05, 3.63) is 0 Å². The number of amides is 2. The third kappa shape index (κ3) is 4.82. The molecular weight excluding hydrogens is 244 g/mol. The van der Waals surface area contributed by atoms with Crippen LogP contribution in [-0.4, -0.2) is 52.1 Å². The molecule has 0 bridgehead atoms. The fourth-order valence-electron chi connectivity index (χ4n) is 1.83. The molecule has 1 fully saturated rings. The quantitative estimate of drug-likeness (QED) is 0.769. The molecule has 0 spiro atoms. The van der Waals surface area contributed by atoms with Gasteiger partial charge in [0.1, 0.15) is 6.54 Å². The van der Waals surface area contributed by atoms with E-state index < -0.39 is 11.5 Å². The van der Waals surface area contributed by atoms with E-state index in [2.05, 4.69) is 5.92 Å². The third-order valence-corrected chi connectivity index (χ3v) is 3.06. The van der Waals surface area contributed by atoms with Crippen LogP contribution in [0.3, 0.4) is 0 Å². The smallest absolute Gasteiger partial charge is 0.323 e. The Bertz CT molecular complexity index is 388. The molecular formula is C14H22N2O3. The van der Waals surface area contributed by atoms with Crippen molar-refractivity contribution in [3.8, 4) is 12.3 Å². The van der Waals surface area contributed by atoms with Crippen LogP contribution in [-0.2, 0) is 4.79 Å². The molecule has 0 saturated heterocycles. The number of aliphatic carboxylic acids is 1. The van der Waals surface area contributed by atoms with Crippen LogP contribution in [0.25, 0.3) is 0 Å². The van der Waals surface area contributed by atoms with Crippen LogP contribution in [0.2, 0.25) is 0 Å². The number of urea groups is 1. The van der Waals surface area contributed by atoms with Gasteiger partial charge in [-0.25, -0.2) is 4.79 Å². The molecule has 1 saturated carbocycles. The molecule has 0 aromatic carbocycles. The number of carbonyl (C=O) groups is 2. The molecule has 0 aromatic rings. The van der Waals surface area contributed by atoms with Gasteiger partial charge in [-0.1, -0.05) is 5.92 Å². The van der Waals surface area contributed by atoms with E-state index in [1.54, 1.807) is 4.90 Å². The Morgan fingerprint density at radius 3 is 2.32 bits per heavy atom. The Morgan fingerprint density at radius 1 is 1.37 bits per heavy atom. The summed E-state index contributed by atoms with van der Waals surface area (Å²) in [7, 11) is 0. The van der Waals surface area contributed by atoms with Crippen LogP contribution >= 0.6 is 0 Å². The fourth-order valence-corrected chi connectivity index (χ4v) is 1.83. The second-order valence-electron chi connectivity index (χ2n) is 5.96. The number of nitrogens with zero attached hydrogens (tertiary/aromatic N) is 2. The van der Waals surface area contributed by atoms with Gasteiger partial charge < -0.3 is 14.9 Å². The lowest BCUT2D eigenvalue weighted by Gasteiger charge is -2.38. The Labute approximate surface area is 114 Å². The number of terminal acetylenes is 1. The topological polar surface area (TPSA) is 60.9 Å². The normalized spacial score (nSPS) is 14.6. The van der Waals surface area contributed by atoms with E-state index in [9.17, 15) is 9.59 Å². The zero-order valence-electron chi connectivity index (χ0n) is 11.8. The summed E-state index contributed by atoms with van der Waals surface area (Å²) >= 11 is 0. The van der Waals surface area contributed by atoms with Crippen molar-refractivity contribution < 1.29 is 14.7 Å². The van der Waals surface area contributed by atoms with Crippen LogP contribution in [0.4, 0.5) is 4.79 Å². The highest BCUT2D eigenvalue weighted by molar-refractivity contribution is 5.81. The molecule has 5 heteroatoms. The molecule has 106 valence electrons. The minimum absolute atomic E-state index is 0.224. The second kappa shape index (κ2) is 5.96. The van der Waals surface area contributed by atoms with E-state index in [0.29, 0.717) is 12.5 Å². The van der Waals surface area contributed by atoms with E-state index in [1.807, 2.05) is 20.8 Å². The van der Waals surface area contributed by atoms with Crippen LogP contribution < -0.4 is 0 Å². The fraction of sp³-hybridized carbons (Fsp3) is 0.714. The first kappa shape index (κ1) is 15.4. The lowest BCUT2D eigenvalue weighted by molar-refractivity contribution is -0.138. The lowest BCUT2D eigenvalue weighted by Crippen LogP contribution is -2.54. The van der Waals surface area contributed by atoms with Gasteiger partial charge in [0.15, 0.2) is 0 Å². The highest BCUT2D eigenvalue weighted by atomic mass is 16.4. The van der Waals surface area contributed by atoms with Crippen LogP contribution in [0, 0.1) is 18.3 Å². The lowest BCUT2D eigenvalue weighted by atomic mass is 10.1. The van der Waals surface area contributed by atoms with Gasteiger partial charge in [-0.05, 0) is 39.5 Å². The third-order valence-electron chi connectivity index (χ3n) is 3.06. The predicted molar refractivity (Wildman–Crippen MR) is 72.6 cm³/mol. The SMILES string of the molecule is C#CCN(CC1CC1)C(=O)N(CC(=O)O)C(C)(C)C. The number of carboxylic acid groups (broad SMARTS) is 1. The maximum atomic E-state index is 12.5. The summed E-state index contributed by atoms with van der Waals surface area (Å²) in [5.41, 5.74) is -0.550. The molecule has 1 aliphatic rings. The number of hydrogen-bond acceptors (Lipinski definition) is 2. The molecule has 0 atom stereocenters. The van der Waals surface area contributed by atoms with Gasteiger partial charge in [-0.2, -0.15) is 0 Å². The van der Waals surface area contributed by atoms with Crippen LogP contribution in [0.15, 0.2) is 0 Å². The largest absolute Gasteiger partial charge is 0.480 e. The molecule has 0 heterocycles. The van der Waals surface area contributed by atoms with Crippen molar-refractivity contribution in [3.63, 3.8) is 0 Å². The summed E-state index contributed by atoms with van der Waals surface area (Å²) in [4.78, 5) is 26.3. The first-order valence-corrected chi connectivity index (χ1v) is 6.47. The van der Waals surface area contributed by atoms with E-state index in [-0.39, 0.29) is 19.1 Å². The highest BCUT2D eigenvalue weighted by Crippen LogP contribution is 2.30. The Hall–Kier alpha value is -1.70. The second-order valence-corrected chi connectivity index (χ2v) is 5.96. The molecule has 1 rings (SSSR count). The van der Waals surface area contributed by atoms with E-state index in [1.165, 1.54) is 4.90 Å². The van der Waals surface area contributed by atoms with Gasteiger partial charge in [-0.3, -0.25) is 4.79 Å². The summed E-state index contributed by atoms with van der Waals surface area (Å²) in [6, 6.07) is -0.292. The summed E-state index contributed by atoms with van der Waals surface area (Å²) in [5.74, 6) is 1.97. The van der Waals surface area contributed by atoms with Crippen molar-refractivity contribution in [2.45, 2.75) is 39.2 Å². The minimum atomic E-state index is -1.02. The minimum Gasteiger partial charge on any atom is -0.480 e. The van der Waals surface area contributed by atoms with E-state index in [0.717, 1.165) is 12.8 Å². The monoisotopic (exact) mass is 266 g/mol. The Morgan fingerprint density at radius 2 is 1.95 bits per heavy atom. The van der Waals surface area contributed by atoms with Crippen molar-refractivity contribution >= 4 is 12.0 Å². The number of hydrogen-bond donors (Lipinski definition) is 1. The van der Waals surface area contributed by atoms with Crippen LogP contribution in [0.1, 0.15) is 33.6 Å². The zero-order chi connectivity index (χ0) is 14.6. The molecule has 0 radical (unpaired) electrons. The van der Waals surface area contributed by atoms with Gasteiger partial charge in [0.25, 0.3) is 0 Å². The first-order valence-electron chi connectivity index (χ1n) is 6.47. The zero-order valence-corrected chi connectivity index (χ0v) is 11.8. The number of rotatable bonds is 5. The molecule has 1 N–H and O–H groups in total. The number of carboxylic acids is 1. The Balaban J connectivity index is 2.81. The van der Waals surface area contributed by atoms with Gasteiger partial charge in [0.2, 0.25) is 0 Å². The van der Waals surface area contributed by atoms with Gasteiger partial charge >= 0.3 is 12.0 Å². The van der Waals surface area contributed by atoms with Crippen LogP contribution in [0.5, 0.6) is 0 Å². The first-order chi connectivity index (χ1) is 8.75. The van der Waals surface area contributed by atoms with Gasteiger partial charge in [0, 0.05) is 12.1 Å². The average molecular weight is 266 g/mol. The maximum absolute atomic E-state index is 12.5. The van der Waals surface area contributed by atoms with E-state index >= 15 is 0 Å². The molecule has 1 aliphatic carbocycles. The molecule has 2 amide bonds. The maximum Gasteiger partial charge on any atom is 0.323 e. The molecule has 0 aliphatic heterocycles. The summed E-state index contributed by atoms with van der Waals surface area (Å²) in [6.45, 7) is 5.99. The van der Waals surface area contributed by atoms with Gasteiger partial charge in [0.05, 0.1) is 6.54 Å². The predicted octanol–water partition coefficient (Wildman–Crippen LogP) is 1.64. The highest BCUT2D eigenvalue weighted by Gasteiger charge is 2.34. The van der Waals surface area contributed by atoms with Crippen molar-refractivity contribution in [1.29, 1.82) is 0 Å². The number of carbonyl (C=O) groups excluding carboxylic acids is 1. The summed E-state index contributed by atoms with van der Waals surface area (Å²) in [6.07, 6.45) is 7.52. The summed E-state index contributed by atoms with van der Waals surface area (Å²) < 4.78 is 0. The molecule has 19 heavy (non-hydrogen) atoms. The summed E-state index contributed by atoms with van der Waals surface area (Å²) in [5, 5.41) is 8.95. The average Bonchev–Trinajstić information content (AvgIpc) is 3.06. The molecule has 5 nitrogen and oxygen atoms in total. The van der Waals surface area contributed by atoms with Crippen molar-refractivity contribution in [2.24, 2.45) is 5.92 Å². The van der Waals surface area contributed by atoms with Crippen molar-refractivity contribution in [1.82, 2.24) is 9.80 Å². The van der Waals surface area contributed by atoms with E-state index in [4.69, 9.17) is 11.5 Å².